The molecule has 0 aromatic carbocycles. The van der Waals surface area contributed by atoms with Crippen LogP contribution in [0.4, 0.5) is 5.82 Å². The highest BCUT2D eigenvalue weighted by molar-refractivity contribution is 5.32. The van der Waals surface area contributed by atoms with Crippen LogP contribution in [0, 0.1) is 6.92 Å². The van der Waals surface area contributed by atoms with E-state index in [2.05, 4.69) is 15.3 Å². The van der Waals surface area contributed by atoms with Crippen molar-refractivity contribution in [2.75, 3.05) is 25.6 Å². The van der Waals surface area contributed by atoms with Gasteiger partial charge in [0.2, 0.25) is 0 Å². The topological polar surface area (TPSA) is 47.0 Å². The Morgan fingerprint density at radius 3 is 2.93 bits per heavy atom. The summed E-state index contributed by atoms with van der Waals surface area (Å²) in [4.78, 5) is 8.30. The maximum absolute atomic E-state index is 4.98. The van der Waals surface area contributed by atoms with Gasteiger partial charge in [0.15, 0.2) is 0 Å². The predicted molar refractivity (Wildman–Crippen MR) is 61.0 cm³/mol. The quantitative estimate of drug-likeness (QED) is 0.698. The Labute approximate surface area is 91.1 Å². The summed E-state index contributed by atoms with van der Waals surface area (Å²) < 4.78 is 4.98. The lowest BCUT2D eigenvalue weighted by Crippen LogP contribution is -2.04. The van der Waals surface area contributed by atoms with Gasteiger partial charge in [-0.1, -0.05) is 0 Å². The molecule has 1 heterocycles. The second-order valence-corrected chi connectivity index (χ2v) is 3.47. The Morgan fingerprint density at radius 1 is 1.33 bits per heavy atom. The minimum absolute atomic E-state index is 0.805. The average Bonchev–Trinajstić information content (AvgIpc) is 2.23. The van der Waals surface area contributed by atoms with Gasteiger partial charge in [0.25, 0.3) is 0 Å². The number of anilines is 1. The van der Waals surface area contributed by atoms with E-state index in [9.17, 15) is 0 Å². The first-order chi connectivity index (χ1) is 7.33. The molecule has 15 heavy (non-hydrogen) atoms. The molecule has 0 atom stereocenters. The zero-order valence-corrected chi connectivity index (χ0v) is 9.49. The smallest absolute Gasteiger partial charge is 0.129 e. The summed E-state index contributed by atoms with van der Waals surface area (Å²) in [5, 5.41) is 3.27. The molecule has 0 saturated heterocycles. The van der Waals surface area contributed by atoms with Crippen molar-refractivity contribution in [3.05, 3.63) is 18.1 Å². The summed E-state index contributed by atoms with van der Waals surface area (Å²) in [6, 6.07) is 1.89. The van der Waals surface area contributed by atoms with Crippen LogP contribution < -0.4 is 5.32 Å². The summed E-state index contributed by atoms with van der Waals surface area (Å²) in [6.07, 6.45) is 5.23. The zero-order chi connectivity index (χ0) is 10.9. The summed E-state index contributed by atoms with van der Waals surface area (Å²) in [7, 11) is 1.74. The molecule has 4 heteroatoms. The molecular formula is C11H19N3O. The lowest BCUT2D eigenvalue weighted by atomic mass is 10.2. The summed E-state index contributed by atoms with van der Waals surface area (Å²) in [5.74, 6) is 1.72. The van der Waals surface area contributed by atoms with Crippen molar-refractivity contribution in [2.24, 2.45) is 0 Å². The van der Waals surface area contributed by atoms with Crippen LogP contribution in [0.5, 0.6) is 0 Å². The van der Waals surface area contributed by atoms with E-state index < -0.39 is 0 Å². The first-order valence-electron chi connectivity index (χ1n) is 5.35. The van der Waals surface area contributed by atoms with Crippen molar-refractivity contribution < 1.29 is 4.74 Å². The first kappa shape index (κ1) is 11.9. The monoisotopic (exact) mass is 209 g/mol. The zero-order valence-electron chi connectivity index (χ0n) is 9.49. The largest absolute Gasteiger partial charge is 0.385 e. The normalized spacial score (nSPS) is 10.3. The van der Waals surface area contributed by atoms with Crippen molar-refractivity contribution in [3.63, 3.8) is 0 Å². The van der Waals surface area contributed by atoms with Gasteiger partial charge in [-0.3, -0.25) is 0 Å². The highest BCUT2D eigenvalue weighted by Gasteiger charge is 1.94. The molecule has 0 unspecified atom stereocenters. The van der Waals surface area contributed by atoms with Gasteiger partial charge in [0, 0.05) is 26.5 Å². The number of hydrogen-bond donors (Lipinski definition) is 1. The summed E-state index contributed by atoms with van der Waals surface area (Å²) >= 11 is 0. The first-order valence-corrected chi connectivity index (χ1v) is 5.35. The maximum atomic E-state index is 4.98. The number of nitrogens with one attached hydrogen (secondary N) is 1. The molecule has 0 bridgehead atoms. The number of nitrogens with zero attached hydrogens (tertiary/aromatic N) is 2. The number of hydrogen-bond acceptors (Lipinski definition) is 4. The molecule has 0 aliphatic rings. The fourth-order valence-electron chi connectivity index (χ4n) is 1.32. The van der Waals surface area contributed by atoms with E-state index in [0.29, 0.717) is 0 Å². The summed E-state index contributed by atoms with van der Waals surface area (Å²) in [5.41, 5.74) is 0. The van der Waals surface area contributed by atoms with Crippen molar-refractivity contribution in [1.29, 1.82) is 0 Å². The number of methoxy groups -OCH3 is 1. The highest BCUT2D eigenvalue weighted by atomic mass is 16.5. The minimum atomic E-state index is 0.805. The van der Waals surface area contributed by atoms with Gasteiger partial charge in [0.05, 0.1) is 0 Å². The molecule has 0 radical (unpaired) electrons. The highest BCUT2D eigenvalue weighted by Crippen LogP contribution is 2.02. The van der Waals surface area contributed by atoms with Crippen LogP contribution in [-0.4, -0.2) is 30.2 Å². The fourth-order valence-corrected chi connectivity index (χ4v) is 1.32. The van der Waals surface area contributed by atoms with Gasteiger partial charge in [-0.15, -0.1) is 0 Å². The number of aryl methyl sites for hydroxylation is 1. The van der Waals surface area contributed by atoms with E-state index in [4.69, 9.17) is 4.74 Å². The van der Waals surface area contributed by atoms with E-state index in [0.717, 1.165) is 37.6 Å². The Kier molecular flexibility index (Phi) is 5.70. The standard InChI is InChI=1S/C11H19N3O/c1-10-12-8-6-11(14-10)13-7-4-3-5-9-15-2/h6,8H,3-5,7,9H2,1-2H3,(H,12,13,14). The van der Waals surface area contributed by atoms with Crippen LogP contribution in [0.1, 0.15) is 25.1 Å². The van der Waals surface area contributed by atoms with E-state index in [1.54, 1.807) is 13.3 Å². The number of aromatic nitrogens is 2. The van der Waals surface area contributed by atoms with E-state index in [1.165, 1.54) is 6.42 Å². The number of unbranched alkanes of at least 4 members (excludes halogenated alkanes) is 2. The van der Waals surface area contributed by atoms with Gasteiger partial charge < -0.3 is 10.1 Å². The molecule has 0 spiro atoms. The van der Waals surface area contributed by atoms with E-state index in [1.807, 2.05) is 13.0 Å². The Bertz CT molecular complexity index is 278. The Morgan fingerprint density at radius 2 is 2.20 bits per heavy atom. The Balaban J connectivity index is 2.10. The van der Waals surface area contributed by atoms with Crippen LogP contribution in [0.15, 0.2) is 12.3 Å². The SMILES string of the molecule is COCCCCCNc1ccnc(C)n1. The molecule has 1 aromatic heterocycles. The molecule has 1 rings (SSSR count). The lowest BCUT2D eigenvalue weighted by Gasteiger charge is -2.05. The third-order valence-corrected chi connectivity index (χ3v) is 2.11. The van der Waals surface area contributed by atoms with Crippen LogP contribution >= 0.6 is 0 Å². The molecule has 0 fully saturated rings. The van der Waals surface area contributed by atoms with Gasteiger partial charge in [0.1, 0.15) is 11.6 Å². The third kappa shape index (κ3) is 5.32. The summed E-state index contributed by atoms with van der Waals surface area (Å²) in [6.45, 7) is 3.70. The minimum Gasteiger partial charge on any atom is -0.385 e. The molecule has 4 nitrogen and oxygen atoms in total. The van der Waals surface area contributed by atoms with E-state index >= 15 is 0 Å². The van der Waals surface area contributed by atoms with Gasteiger partial charge >= 0.3 is 0 Å². The molecule has 0 amide bonds. The van der Waals surface area contributed by atoms with Crippen LogP contribution in [-0.2, 0) is 4.74 Å². The van der Waals surface area contributed by atoms with Crippen molar-refractivity contribution >= 4 is 5.82 Å². The van der Waals surface area contributed by atoms with Gasteiger partial charge in [-0.2, -0.15) is 0 Å². The molecule has 0 aliphatic heterocycles. The number of ether oxygens (including phenoxy) is 1. The van der Waals surface area contributed by atoms with Crippen molar-refractivity contribution in [2.45, 2.75) is 26.2 Å². The van der Waals surface area contributed by atoms with Crippen LogP contribution in [0.25, 0.3) is 0 Å². The molecule has 0 aliphatic carbocycles. The Hall–Kier alpha value is -1.16. The lowest BCUT2D eigenvalue weighted by molar-refractivity contribution is 0.192. The van der Waals surface area contributed by atoms with Gasteiger partial charge in [-0.25, -0.2) is 9.97 Å². The third-order valence-electron chi connectivity index (χ3n) is 2.11. The maximum Gasteiger partial charge on any atom is 0.129 e. The van der Waals surface area contributed by atoms with E-state index in [-0.39, 0.29) is 0 Å². The molecule has 1 N–H and O–H groups in total. The van der Waals surface area contributed by atoms with Crippen molar-refractivity contribution in [3.8, 4) is 0 Å². The molecule has 0 saturated carbocycles. The van der Waals surface area contributed by atoms with Crippen LogP contribution in [0.3, 0.4) is 0 Å². The van der Waals surface area contributed by atoms with Crippen molar-refractivity contribution in [1.82, 2.24) is 9.97 Å². The molecule has 84 valence electrons. The van der Waals surface area contributed by atoms with Gasteiger partial charge in [-0.05, 0) is 32.3 Å². The molecular weight excluding hydrogens is 190 g/mol. The second kappa shape index (κ2) is 7.17. The fraction of sp³-hybridized carbons (Fsp3) is 0.636. The second-order valence-electron chi connectivity index (χ2n) is 3.47. The predicted octanol–water partition coefficient (Wildman–Crippen LogP) is 2.01. The molecule has 1 aromatic rings. The number of rotatable bonds is 7. The van der Waals surface area contributed by atoms with Crippen LogP contribution in [0.2, 0.25) is 0 Å². The average molecular weight is 209 g/mol.